The predicted molar refractivity (Wildman–Crippen MR) is 73.1 cm³/mol. The highest BCUT2D eigenvalue weighted by molar-refractivity contribution is 6.29. The molecule has 0 atom stereocenters. The third-order valence-corrected chi connectivity index (χ3v) is 2.61. The van der Waals surface area contributed by atoms with E-state index in [9.17, 15) is 4.79 Å². The van der Waals surface area contributed by atoms with E-state index in [1.807, 2.05) is 41.2 Å². The highest BCUT2D eigenvalue weighted by atomic mass is 35.5. The minimum Gasteiger partial charge on any atom is -0.347 e. The van der Waals surface area contributed by atoms with Gasteiger partial charge in [0.25, 0.3) is 5.91 Å². The Labute approximate surface area is 111 Å². The van der Waals surface area contributed by atoms with Crippen molar-refractivity contribution in [3.63, 3.8) is 0 Å². The molecule has 2 rings (SSSR count). The standard InChI is InChI=1S/C14H13ClN2O/c1-11(15)10-16-14(18)12-4-6-13(7-5-12)17-8-2-3-9-17/h2-9H,1,10H2,(H,16,18). The number of amides is 1. The monoisotopic (exact) mass is 260 g/mol. The summed E-state index contributed by atoms with van der Waals surface area (Å²) in [5.74, 6) is -0.157. The van der Waals surface area contributed by atoms with Crippen molar-refractivity contribution in [3.05, 3.63) is 66.0 Å². The van der Waals surface area contributed by atoms with Crippen LogP contribution in [0.25, 0.3) is 5.69 Å². The summed E-state index contributed by atoms with van der Waals surface area (Å²) >= 11 is 5.59. The predicted octanol–water partition coefficient (Wildman–Crippen LogP) is 2.96. The van der Waals surface area contributed by atoms with Gasteiger partial charge in [-0.15, -0.1) is 0 Å². The minimum atomic E-state index is -0.157. The van der Waals surface area contributed by atoms with Gasteiger partial charge in [-0.25, -0.2) is 0 Å². The number of nitrogens with zero attached hydrogens (tertiary/aromatic N) is 1. The molecule has 0 bridgehead atoms. The fourth-order valence-electron chi connectivity index (χ4n) is 1.57. The van der Waals surface area contributed by atoms with Crippen LogP contribution in [-0.4, -0.2) is 17.0 Å². The second-order valence-corrected chi connectivity index (χ2v) is 4.37. The smallest absolute Gasteiger partial charge is 0.251 e. The highest BCUT2D eigenvalue weighted by Crippen LogP contribution is 2.10. The lowest BCUT2D eigenvalue weighted by atomic mass is 10.2. The molecule has 0 unspecified atom stereocenters. The van der Waals surface area contributed by atoms with E-state index >= 15 is 0 Å². The maximum atomic E-state index is 11.7. The summed E-state index contributed by atoms with van der Waals surface area (Å²) in [7, 11) is 0. The molecule has 1 N–H and O–H groups in total. The molecule has 1 heterocycles. The minimum absolute atomic E-state index is 0.157. The molecular weight excluding hydrogens is 248 g/mol. The molecule has 0 aliphatic heterocycles. The van der Waals surface area contributed by atoms with E-state index in [4.69, 9.17) is 11.6 Å². The van der Waals surface area contributed by atoms with Gasteiger partial charge in [0.1, 0.15) is 0 Å². The molecule has 92 valence electrons. The average molecular weight is 261 g/mol. The zero-order valence-electron chi connectivity index (χ0n) is 9.77. The number of benzene rings is 1. The van der Waals surface area contributed by atoms with E-state index in [0.717, 1.165) is 5.69 Å². The molecule has 1 aromatic heterocycles. The quantitative estimate of drug-likeness (QED) is 0.901. The summed E-state index contributed by atoms with van der Waals surface area (Å²) in [5, 5.41) is 3.08. The van der Waals surface area contributed by atoms with Crippen LogP contribution in [0.2, 0.25) is 0 Å². The number of halogens is 1. The van der Waals surface area contributed by atoms with Gasteiger partial charge in [0.05, 0.1) is 6.54 Å². The zero-order valence-corrected chi connectivity index (χ0v) is 10.5. The van der Waals surface area contributed by atoms with Gasteiger partial charge in [-0.2, -0.15) is 0 Å². The van der Waals surface area contributed by atoms with E-state index in [-0.39, 0.29) is 12.5 Å². The first kappa shape index (κ1) is 12.5. The summed E-state index contributed by atoms with van der Waals surface area (Å²) in [4.78, 5) is 11.7. The second-order valence-electron chi connectivity index (χ2n) is 3.84. The molecule has 1 amide bonds. The van der Waals surface area contributed by atoms with Crippen molar-refractivity contribution in [1.82, 2.24) is 9.88 Å². The van der Waals surface area contributed by atoms with Gasteiger partial charge in [-0.3, -0.25) is 4.79 Å². The summed E-state index contributed by atoms with van der Waals surface area (Å²) in [6.45, 7) is 3.79. The Morgan fingerprint density at radius 3 is 2.39 bits per heavy atom. The summed E-state index contributed by atoms with van der Waals surface area (Å²) in [6.07, 6.45) is 3.90. The number of hydrogen-bond donors (Lipinski definition) is 1. The van der Waals surface area contributed by atoms with Gasteiger partial charge >= 0.3 is 0 Å². The molecule has 0 saturated carbocycles. The van der Waals surface area contributed by atoms with Gasteiger partial charge in [-0.05, 0) is 36.4 Å². The Morgan fingerprint density at radius 2 is 1.83 bits per heavy atom. The van der Waals surface area contributed by atoms with Gasteiger partial charge in [0, 0.05) is 28.7 Å². The van der Waals surface area contributed by atoms with E-state index in [0.29, 0.717) is 10.6 Å². The first-order valence-corrected chi connectivity index (χ1v) is 5.89. The normalized spacial score (nSPS) is 10.1. The van der Waals surface area contributed by atoms with Gasteiger partial charge in [0.15, 0.2) is 0 Å². The number of hydrogen-bond acceptors (Lipinski definition) is 1. The Balaban J connectivity index is 2.08. The summed E-state index contributed by atoms with van der Waals surface area (Å²) < 4.78 is 1.97. The molecule has 0 aliphatic rings. The molecule has 18 heavy (non-hydrogen) atoms. The van der Waals surface area contributed by atoms with Crippen molar-refractivity contribution in [3.8, 4) is 5.69 Å². The SMILES string of the molecule is C=C(Cl)CNC(=O)c1ccc(-n2cccc2)cc1. The largest absolute Gasteiger partial charge is 0.347 e. The fraction of sp³-hybridized carbons (Fsp3) is 0.0714. The molecule has 3 nitrogen and oxygen atoms in total. The number of aromatic nitrogens is 1. The Hall–Kier alpha value is -2.00. The maximum absolute atomic E-state index is 11.7. The number of carbonyl (C=O) groups is 1. The first-order chi connectivity index (χ1) is 8.66. The molecule has 0 radical (unpaired) electrons. The Morgan fingerprint density at radius 1 is 1.22 bits per heavy atom. The lowest BCUT2D eigenvalue weighted by molar-refractivity contribution is 0.0957. The van der Waals surface area contributed by atoms with Crippen LogP contribution in [0.3, 0.4) is 0 Å². The molecule has 0 aliphatic carbocycles. The Kier molecular flexibility index (Phi) is 3.85. The number of nitrogens with one attached hydrogen (secondary N) is 1. The third-order valence-electron chi connectivity index (χ3n) is 2.47. The Bertz CT molecular complexity index is 544. The topological polar surface area (TPSA) is 34.0 Å². The van der Waals surface area contributed by atoms with Gasteiger partial charge < -0.3 is 9.88 Å². The highest BCUT2D eigenvalue weighted by Gasteiger charge is 2.05. The molecule has 0 spiro atoms. The van der Waals surface area contributed by atoms with Crippen LogP contribution in [0, 0.1) is 0 Å². The van der Waals surface area contributed by atoms with E-state index < -0.39 is 0 Å². The van der Waals surface area contributed by atoms with Crippen molar-refractivity contribution in [2.75, 3.05) is 6.54 Å². The van der Waals surface area contributed by atoms with Crippen molar-refractivity contribution < 1.29 is 4.79 Å². The lowest BCUT2D eigenvalue weighted by Gasteiger charge is -2.06. The van der Waals surface area contributed by atoms with Crippen molar-refractivity contribution in [2.24, 2.45) is 0 Å². The van der Waals surface area contributed by atoms with Crippen LogP contribution in [0.5, 0.6) is 0 Å². The molecule has 2 aromatic rings. The van der Waals surface area contributed by atoms with Crippen LogP contribution in [-0.2, 0) is 0 Å². The fourth-order valence-corrected chi connectivity index (χ4v) is 1.64. The number of rotatable bonds is 4. The van der Waals surface area contributed by atoms with E-state index in [1.165, 1.54) is 0 Å². The third kappa shape index (κ3) is 3.02. The van der Waals surface area contributed by atoms with Crippen LogP contribution in [0.4, 0.5) is 0 Å². The van der Waals surface area contributed by atoms with E-state index in [2.05, 4.69) is 11.9 Å². The summed E-state index contributed by atoms with van der Waals surface area (Å²) in [5.41, 5.74) is 1.61. The molecule has 0 saturated heterocycles. The molecule has 4 heteroatoms. The molecule has 0 fully saturated rings. The van der Waals surface area contributed by atoms with Gasteiger partial charge in [0.2, 0.25) is 0 Å². The van der Waals surface area contributed by atoms with E-state index in [1.54, 1.807) is 12.1 Å². The average Bonchev–Trinajstić information content (AvgIpc) is 2.90. The van der Waals surface area contributed by atoms with Crippen LogP contribution in [0.1, 0.15) is 10.4 Å². The van der Waals surface area contributed by atoms with Crippen molar-refractivity contribution >= 4 is 17.5 Å². The molecule has 1 aromatic carbocycles. The van der Waals surface area contributed by atoms with Crippen LogP contribution < -0.4 is 5.32 Å². The van der Waals surface area contributed by atoms with Crippen LogP contribution in [0.15, 0.2) is 60.4 Å². The van der Waals surface area contributed by atoms with Crippen molar-refractivity contribution in [2.45, 2.75) is 0 Å². The van der Waals surface area contributed by atoms with Gasteiger partial charge in [-0.1, -0.05) is 18.2 Å². The lowest BCUT2D eigenvalue weighted by Crippen LogP contribution is -2.24. The van der Waals surface area contributed by atoms with Crippen LogP contribution >= 0.6 is 11.6 Å². The zero-order chi connectivity index (χ0) is 13.0. The molecular formula is C14H13ClN2O. The summed E-state index contributed by atoms with van der Waals surface area (Å²) in [6, 6.07) is 11.2. The second kappa shape index (κ2) is 5.56. The number of carbonyl (C=O) groups excluding carboxylic acids is 1. The first-order valence-electron chi connectivity index (χ1n) is 5.52. The maximum Gasteiger partial charge on any atom is 0.251 e. The van der Waals surface area contributed by atoms with Crippen molar-refractivity contribution in [1.29, 1.82) is 0 Å².